The Morgan fingerprint density at radius 2 is 1.79 bits per heavy atom. The molecule has 6 heteroatoms. The van der Waals surface area contributed by atoms with E-state index in [9.17, 15) is 14.0 Å². The molecule has 2 amide bonds. The number of rotatable bonds is 3. The van der Waals surface area contributed by atoms with Gasteiger partial charge in [0.1, 0.15) is 5.82 Å². The highest BCUT2D eigenvalue weighted by Gasteiger charge is 2.32. The Bertz CT molecular complexity index is 893. The van der Waals surface area contributed by atoms with Crippen LogP contribution in [0.1, 0.15) is 22.8 Å². The zero-order chi connectivity index (χ0) is 19.7. The van der Waals surface area contributed by atoms with Gasteiger partial charge in [0.05, 0.1) is 6.54 Å². The van der Waals surface area contributed by atoms with Gasteiger partial charge in [0.2, 0.25) is 5.91 Å². The number of amides is 2. The molecule has 1 atom stereocenters. The van der Waals surface area contributed by atoms with Crippen molar-refractivity contribution in [2.75, 3.05) is 37.6 Å². The Labute approximate surface area is 164 Å². The first-order valence-corrected chi connectivity index (χ1v) is 9.70. The van der Waals surface area contributed by atoms with Crippen molar-refractivity contribution >= 4 is 17.5 Å². The molecule has 0 aliphatic carbocycles. The maximum Gasteiger partial charge on any atom is 0.254 e. The molecule has 4 rings (SSSR count). The van der Waals surface area contributed by atoms with Crippen LogP contribution in [0.25, 0.3) is 0 Å². The molecule has 0 bridgehead atoms. The molecule has 2 aromatic rings. The van der Waals surface area contributed by atoms with Crippen molar-refractivity contribution in [1.82, 2.24) is 9.80 Å². The third kappa shape index (κ3) is 3.64. The summed E-state index contributed by atoms with van der Waals surface area (Å²) in [6.07, 6.45) is 0.887. The molecule has 146 valence electrons. The highest BCUT2D eigenvalue weighted by Crippen LogP contribution is 2.31. The van der Waals surface area contributed by atoms with Crippen molar-refractivity contribution in [2.45, 2.75) is 19.4 Å². The van der Waals surface area contributed by atoms with Gasteiger partial charge in [-0.05, 0) is 43.2 Å². The lowest BCUT2D eigenvalue weighted by molar-refractivity contribution is -0.120. The van der Waals surface area contributed by atoms with Crippen LogP contribution in [0.5, 0.6) is 0 Å². The monoisotopic (exact) mass is 381 g/mol. The molecule has 0 unspecified atom stereocenters. The highest BCUT2D eigenvalue weighted by molar-refractivity contribution is 5.97. The minimum absolute atomic E-state index is 0.0994. The van der Waals surface area contributed by atoms with Gasteiger partial charge in [-0.25, -0.2) is 4.39 Å². The molecular weight excluding hydrogens is 357 g/mol. The summed E-state index contributed by atoms with van der Waals surface area (Å²) in [7, 11) is 0. The van der Waals surface area contributed by atoms with E-state index < -0.39 is 5.82 Å². The number of carbonyl (C=O) groups excluding carboxylic acids is 2. The fourth-order valence-electron chi connectivity index (χ4n) is 4.13. The van der Waals surface area contributed by atoms with Crippen LogP contribution in [0.3, 0.4) is 0 Å². The molecule has 1 saturated heterocycles. The van der Waals surface area contributed by atoms with Crippen LogP contribution in [0.2, 0.25) is 0 Å². The van der Waals surface area contributed by atoms with E-state index in [4.69, 9.17) is 0 Å². The number of benzene rings is 2. The largest absolute Gasteiger partial charge is 0.336 e. The van der Waals surface area contributed by atoms with Crippen LogP contribution in [-0.4, -0.2) is 60.4 Å². The summed E-state index contributed by atoms with van der Waals surface area (Å²) in [5.41, 5.74) is 2.60. The van der Waals surface area contributed by atoms with E-state index in [-0.39, 0.29) is 17.9 Å². The Balaban J connectivity index is 1.35. The van der Waals surface area contributed by atoms with Crippen LogP contribution in [0.15, 0.2) is 48.5 Å². The second kappa shape index (κ2) is 7.72. The van der Waals surface area contributed by atoms with E-state index in [1.165, 1.54) is 17.7 Å². The quantitative estimate of drug-likeness (QED) is 0.821. The number of piperazine rings is 1. The van der Waals surface area contributed by atoms with Gasteiger partial charge in [-0.1, -0.05) is 24.3 Å². The number of hydrogen-bond acceptors (Lipinski definition) is 3. The molecule has 2 aromatic carbocycles. The van der Waals surface area contributed by atoms with Gasteiger partial charge >= 0.3 is 0 Å². The SMILES string of the molecule is C[C@H]1Cc2ccccc2N1C(=O)CN1CCN(C(=O)c2cccc(F)c2)CC1. The predicted molar refractivity (Wildman–Crippen MR) is 106 cm³/mol. The first kappa shape index (κ1) is 18.6. The Morgan fingerprint density at radius 1 is 1.04 bits per heavy atom. The van der Waals surface area contributed by atoms with Crippen LogP contribution in [-0.2, 0) is 11.2 Å². The Kier molecular flexibility index (Phi) is 5.13. The molecule has 28 heavy (non-hydrogen) atoms. The van der Waals surface area contributed by atoms with Gasteiger partial charge in [-0.15, -0.1) is 0 Å². The third-order valence-electron chi connectivity index (χ3n) is 5.57. The molecule has 2 aliphatic rings. The van der Waals surface area contributed by atoms with Gasteiger partial charge in [0.15, 0.2) is 0 Å². The van der Waals surface area contributed by atoms with Gasteiger partial charge in [-0.3, -0.25) is 14.5 Å². The van der Waals surface area contributed by atoms with Crippen LogP contribution >= 0.6 is 0 Å². The molecule has 0 spiro atoms. The predicted octanol–water partition coefficient (Wildman–Crippen LogP) is 2.56. The molecule has 0 aromatic heterocycles. The van der Waals surface area contributed by atoms with Crippen LogP contribution in [0.4, 0.5) is 10.1 Å². The highest BCUT2D eigenvalue weighted by atomic mass is 19.1. The number of fused-ring (bicyclic) bond motifs is 1. The molecule has 0 radical (unpaired) electrons. The summed E-state index contributed by atoms with van der Waals surface area (Å²) in [6.45, 7) is 4.77. The smallest absolute Gasteiger partial charge is 0.254 e. The molecule has 0 saturated carbocycles. The molecule has 0 N–H and O–H groups in total. The first-order valence-electron chi connectivity index (χ1n) is 9.70. The number of anilines is 1. The van der Waals surface area contributed by atoms with E-state index >= 15 is 0 Å². The zero-order valence-corrected chi connectivity index (χ0v) is 16.0. The van der Waals surface area contributed by atoms with E-state index in [0.717, 1.165) is 12.1 Å². The van der Waals surface area contributed by atoms with Crippen molar-refractivity contribution < 1.29 is 14.0 Å². The van der Waals surface area contributed by atoms with Crippen LogP contribution in [0, 0.1) is 5.82 Å². The fourth-order valence-corrected chi connectivity index (χ4v) is 4.13. The lowest BCUT2D eigenvalue weighted by Gasteiger charge is -2.35. The number of nitrogens with zero attached hydrogens (tertiary/aromatic N) is 3. The molecule has 1 fully saturated rings. The first-order chi connectivity index (χ1) is 13.5. The van der Waals surface area contributed by atoms with E-state index in [1.807, 2.05) is 23.1 Å². The normalized spacial score (nSPS) is 19.6. The van der Waals surface area contributed by atoms with Crippen LogP contribution < -0.4 is 4.90 Å². The number of halogens is 1. The van der Waals surface area contributed by atoms with Crippen molar-refractivity contribution in [2.24, 2.45) is 0 Å². The second-order valence-electron chi connectivity index (χ2n) is 7.52. The Hall–Kier alpha value is -2.73. The van der Waals surface area contributed by atoms with E-state index in [0.29, 0.717) is 38.3 Å². The van der Waals surface area contributed by atoms with E-state index in [1.54, 1.807) is 17.0 Å². The molecule has 2 heterocycles. The minimum Gasteiger partial charge on any atom is -0.336 e. The zero-order valence-electron chi connectivity index (χ0n) is 16.0. The van der Waals surface area contributed by atoms with Crippen molar-refractivity contribution in [3.05, 3.63) is 65.5 Å². The summed E-state index contributed by atoms with van der Waals surface area (Å²) in [6, 6.07) is 14.0. The standard InChI is InChI=1S/C22H24FN3O2/c1-16-13-17-5-2-3-8-20(17)26(16)21(27)15-24-9-11-25(12-10-24)22(28)18-6-4-7-19(23)14-18/h2-8,14,16H,9-13,15H2,1H3/t16-/m0/s1. The third-order valence-corrected chi connectivity index (χ3v) is 5.57. The molecule has 2 aliphatic heterocycles. The number of carbonyl (C=O) groups is 2. The summed E-state index contributed by atoms with van der Waals surface area (Å²) >= 11 is 0. The molecular formula is C22H24FN3O2. The number of hydrogen-bond donors (Lipinski definition) is 0. The van der Waals surface area contributed by atoms with Crippen molar-refractivity contribution in [1.29, 1.82) is 0 Å². The summed E-state index contributed by atoms with van der Waals surface area (Å²) in [5, 5.41) is 0. The maximum atomic E-state index is 13.4. The number of para-hydroxylation sites is 1. The fraction of sp³-hybridized carbons (Fsp3) is 0.364. The topological polar surface area (TPSA) is 43.9 Å². The average molecular weight is 381 g/mol. The summed E-state index contributed by atoms with van der Waals surface area (Å²) < 4.78 is 13.4. The second-order valence-corrected chi connectivity index (χ2v) is 7.52. The average Bonchev–Trinajstić information content (AvgIpc) is 3.04. The minimum atomic E-state index is -0.407. The van der Waals surface area contributed by atoms with Crippen molar-refractivity contribution in [3.63, 3.8) is 0 Å². The van der Waals surface area contributed by atoms with Gasteiger partial charge in [-0.2, -0.15) is 0 Å². The summed E-state index contributed by atoms with van der Waals surface area (Å²) in [5.74, 6) is -0.468. The maximum absolute atomic E-state index is 13.4. The lowest BCUT2D eigenvalue weighted by Crippen LogP contribution is -2.52. The lowest BCUT2D eigenvalue weighted by atomic mass is 10.1. The van der Waals surface area contributed by atoms with Crippen molar-refractivity contribution in [3.8, 4) is 0 Å². The summed E-state index contributed by atoms with van der Waals surface area (Å²) in [4.78, 5) is 31.2. The molecule has 5 nitrogen and oxygen atoms in total. The van der Waals surface area contributed by atoms with Gasteiger partial charge in [0.25, 0.3) is 5.91 Å². The van der Waals surface area contributed by atoms with Gasteiger partial charge < -0.3 is 9.80 Å². The van der Waals surface area contributed by atoms with Gasteiger partial charge in [0, 0.05) is 43.5 Å². The Morgan fingerprint density at radius 3 is 2.54 bits per heavy atom. The van der Waals surface area contributed by atoms with E-state index in [2.05, 4.69) is 17.9 Å².